The lowest BCUT2D eigenvalue weighted by Crippen LogP contribution is -2.25. The third-order valence-electron chi connectivity index (χ3n) is 3.62. The molecular weight excluding hydrogens is 312 g/mol. The number of hydrogen-bond donors (Lipinski definition) is 1. The fraction of sp³-hybridized carbons (Fsp3) is 0.235. The fourth-order valence-corrected chi connectivity index (χ4v) is 2.43. The lowest BCUT2D eigenvalue weighted by Gasteiger charge is -2.18. The van der Waals surface area contributed by atoms with Gasteiger partial charge in [-0.25, -0.2) is 0 Å². The van der Waals surface area contributed by atoms with E-state index >= 15 is 0 Å². The summed E-state index contributed by atoms with van der Waals surface area (Å²) >= 11 is 0. The van der Waals surface area contributed by atoms with Crippen molar-refractivity contribution in [3.8, 4) is 11.5 Å². The van der Waals surface area contributed by atoms with Gasteiger partial charge in [-0.05, 0) is 30.2 Å². The van der Waals surface area contributed by atoms with E-state index in [-0.39, 0.29) is 17.2 Å². The second-order valence-corrected chi connectivity index (χ2v) is 5.29. The Bertz CT molecular complexity index is 775. The molecule has 2 aromatic carbocycles. The fourth-order valence-electron chi connectivity index (χ4n) is 2.43. The van der Waals surface area contributed by atoms with Crippen LogP contribution in [0.25, 0.3) is 0 Å². The second-order valence-electron chi connectivity index (χ2n) is 5.29. The van der Waals surface area contributed by atoms with E-state index < -0.39 is 4.92 Å². The van der Waals surface area contributed by atoms with Crippen LogP contribution in [0.4, 0.5) is 5.69 Å². The van der Waals surface area contributed by atoms with Gasteiger partial charge < -0.3 is 14.8 Å². The minimum atomic E-state index is -0.522. The maximum absolute atomic E-state index is 12.1. The molecule has 0 saturated carbocycles. The number of rotatable bonds is 5. The minimum Gasteiger partial charge on any atom is -0.486 e. The van der Waals surface area contributed by atoms with E-state index in [1.165, 1.54) is 18.2 Å². The van der Waals surface area contributed by atoms with Crippen molar-refractivity contribution in [2.75, 3.05) is 19.8 Å². The number of fused-ring (bicyclic) bond motifs is 1. The average Bonchev–Trinajstić information content (AvgIpc) is 2.61. The number of nitro benzene ring substituents is 1. The molecule has 124 valence electrons. The van der Waals surface area contributed by atoms with Crippen molar-refractivity contribution in [1.29, 1.82) is 0 Å². The summed E-state index contributed by atoms with van der Waals surface area (Å²) in [6.07, 6.45) is 0.622. The van der Waals surface area contributed by atoms with Crippen LogP contribution >= 0.6 is 0 Å². The Labute approximate surface area is 138 Å². The largest absolute Gasteiger partial charge is 0.486 e. The number of nitrogens with zero attached hydrogens (tertiary/aromatic N) is 1. The zero-order valence-corrected chi connectivity index (χ0v) is 12.9. The first-order chi connectivity index (χ1) is 11.6. The Morgan fingerprint density at radius 2 is 1.92 bits per heavy atom. The minimum absolute atomic E-state index is 0.102. The normalized spacial score (nSPS) is 12.5. The van der Waals surface area contributed by atoms with Crippen LogP contribution in [-0.4, -0.2) is 30.6 Å². The van der Waals surface area contributed by atoms with Gasteiger partial charge in [0.2, 0.25) is 0 Å². The zero-order chi connectivity index (χ0) is 16.9. The van der Waals surface area contributed by atoms with Crippen molar-refractivity contribution in [1.82, 2.24) is 5.32 Å². The van der Waals surface area contributed by atoms with Crippen molar-refractivity contribution in [2.24, 2.45) is 0 Å². The molecule has 24 heavy (non-hydrogen) atoms. The monoisotopic (exact) mass is 328 g/mol. The highest BCUT2D eigenvalue weighted by Crippen LogP contribution is 2.30. The van der Waals surface area contributed by atoms with Crippen molar-refractivity contribution in [3.05, 3.63) is 63.7 Å². The van der Waals surface area contributed by atoms with E-state index in [1.807, 2.05) is 18.2 Å². The molecule has 0 bridgehead atoms. The van der Waals surface area contributed by atoms with E-state index in [2.05, 4.69) is 5.32 Å². The van der Waals surface area contributed by atoms with Gasteiger partial charge in [0.15, 0.2) is 11.5 Å². The lowest BCUT2D eigenvalue weighted by molar-refractivity contribution is -0.384. The molecule has 0 aliphatic carbocycles. The summed E-state index contributed by atoms with van der Waals surface area (Å²) in [5.41, 5.74) is 1.18. The Hall–Kier alpha value is -3.09. The molecule has 1 amide bonds. The van der Waals surface area contributed by atoms with Crippen LogP contribution < -0.4 is 14.8 Å². The third kappa shape index (κ3) is 3.62. The van der Waals surface area contributed by atoms with E-state index in [0.717, 1.165) is 11.3 Å². The number of hydrogen-bond acceptors (Lipinski definition) is 5. The van der Waals surface area contributed by atoms with Gasteiger partial charge in [-0.3, -0.25) is 14.9 Å². The summed E-state index contributed by atoms with van der Waals surface area (Å²) in [6.45, 7) is 1.49. The quantitative estimate of drug-likeness (QED) is 0.672. The number of amides is 1. The van der Waals surface area contributed by atoms with Crippen LogP contribution in [0, 0.1) is 10.1 Å². The standard InChI is InChI=1S/C17H16N2O5/c20-17(13-2-1-3-14(11-13)19(21)22)18-7-6-12-4-5-15-16(10-12)24-9-8-23-15/h1-5,10-11H,6-9H2,(H,18,20). The molecule has 0 spiro atoms. The van der Waals surface area contributed by atoms with Crippen molar-refractivity contribution in [2.45, 2.75) is 6.42 Å². The number of non-ortho nitro benzene ring substituents is 1. The number of nitrogens with one attached hydrogen (secondary N) is 1. The van der Waals surface area contributed by atoms with Gasteiger partial charge in [0.05, 0.1) is 4.92 Å². The lowest BCUT2D eigenvalue weighted by atomic mass is 10.1. The van der Waals surface area contributed by atoms with E-state index in [4.69, 9.17) is 9.47 Å². The molecule has 0 saturated heterocycles. The van der Waals surface area contributed by atoms with Gasteiger partial charge in [-0.1, -0.05) is 12.1 Å². The number of nitro groups is 1. The average molecular weight is 328 g/mol. The van der Waals surface area contributed by atoms with Gasteiger partial charge in [-0.15, -0.1) is 0 Å². The van der Waals surface area contributed by atoms with Crippen LogP contribution in [0.1, 0.15) is 15.9 Å². The zero-order valence-electron chi connectivity index (χ0n) is 12.9. The molecule has 0 aromatic heterocycles. The van der Waals surface area contributed by atoms with Crippen LogP contribution in [0.15, 0.2) is 42.5 Å². The van der Waals surface area contributed by atoms with Crippen LogP contribution in [0.2, 0.25) is 0 Å². The smallest absolute Gasteiger partial charge is 0.270 e. The van der Waals surface area contributed by atoms with Gasteiger partial charge in [0, 0.05) is 24.2 Å². The molecule has 1 aliphatic rings. The molecule has 1 aliphatic heterocycles. The molecule has 2 aromatic rings. The summed E-state index contributed by atoms with van der Waals surface area (Å²) in [7, 11) is 0. The van der Waals surface area contributed by atoms with Crippen molar-refractivity contribution in [3.63, 3.8) is 0 Å². The highest BCUT2D eigenvalue weighted by Gasteiger charge is 2.13. The molecule has 0 atom stereocenters. The molecule has 7 nitrogen and oxygen atoms in total. The van der Waals surface area contributed by atoms with E-state index in [0.29, 0.717) is 31.9 Å². The summed E-state index contributed by atoms with van der Waals surface area (Å²) < 4.78 is 11.0. The highest BCUT2D eigenvalue weighted by molar-refractivity contribution is 5.94. The Morgan fingerprint density at radius 1 is 1.12 bits per heavy atom. The Kier molecular flexibility index (Phi) is 4.60. The van der Waals surface area contributed by atoms with E-state index in [1.54, 1.807) is 6.07 Å². The number of carbonyl (C=O) groups is 1. The molecule has 0 unspecified atom stereocenters. The van der Waals surface area contributed by atoms with Gasteiger partial charge >= 0.3 is 0 Å². The van der Waals surface area contributed by atoms with Gasteiger partial charge in [-0.2, -0.15) is 0 Å². The first-order valence-corrected chi connectivity index (χ1v) is 7.54. The first-order valence-electron chi connectivity index (χ1n) is 7.54. The van der Waals surface area contributed by atoms with E-state index in [9.17, 15) is 14.9 Å². The maximum atomic E-state index is 12.1. The molecule has 0 radical (unpaired) electrons. The SMILES string of the molecule is O=C(NCCc1ccc2c(c1)OCCO2)c1cccc([N+](=O)[O-])c1. The molecule has 3 rings (SSSR count). The van der Waals surface area contributed by atoms with Crippen molar-refractivity contribution >= 4 is 11.6 Å². The third-order valence-corrected chi connectivity index (χ3v) is 3.62. The number of carbonyl (C=O) groups excluding carboxylic acids is 1. The molecule has 1 heterocycles. The molecule has 0 fully saturated rings. The highest BCUT2D eigenvalue weighted by atomic mass is 16.6. The predicted octanol–water partition coefficient (Wildman–Crippen LogP) is 2.34. The van der Waals surface area contributed by atoms with Crippen LogP contribution in [0.5, 0.6) is 11.5 Å². The van der Waals surface area contributed by atoms with Gasteiger partial charge in [0.25, 0.3) is 11.6 Å². The summed E-state index contributed by atoms with van der Waals surface area (Å²) in [5, 5.41) is 13.5. The van der Waals surface area contributed by atoms with Crippen LogP contribution in [0.3, 0.4) is 0 Å². The molecular formula is C17H16N2O5. The topological polar surface area (TPSA) is 90.7 Å². The second kappa shape index (κ2) is 6.99. The number of ether oxygens (including phenoxy) is 2. The predicted molar refractivity (Wildman–Crippen MR) is 86.6 cm³/mol. The summed E-state index contributed by atoms with van der Waals surface area (Å²) in [5.74, 6) is 1.10. The van der Waals surface area contributed by atoms with Crippen LogP contribution in [-0.2, 0) is 6.42 Å². The van der Waals surface area contributed by atoms with Crippen molar-refractivity contribution < 1.29 is 19.2 Å². The maximum Gasteiger partial charge on any atom is 0.270 e. The molecule has 1 N–H and O–H groups in total. The summed E-state index contributed by atoms with van der Waals surface area (Å²) in [4.78, 5) is 22.3. The Balaban J connectivity index is 1.57. The number of benzene rings is 2. The first kappa shape index (κ1) is 15.8. The van der Waals surface area contributed by atoms with Gasteiger partial charge in [0.1, 0.15) is 13.2 Å². The Morgan fingerprint density at radius 3 is 2.71 bits per heavy atom. The summed E-state index contributed by atoms with van der Waals surface area (Å²) in [6, 6.07) is 11.3. The molecule has 7 heteroatoms.